The van der Waals surface area contributed by atoms with Gasteiger partial charge in [0.25, 0.3) is 0 Å². The van der Waals surface area contributed by atoms with E-state index >= 15 is 0 Å². The number of ether oxygens (including phenoxy) is 2. The second-order valence-corrected chi connectivity index (χ2v) is 17.1. The first kappa shape index (κ1) is 33.6. The summed E-state index contributed by atoms with van der Waals surface area (Å²) < 4.78 is 17.3. The first-order chi connectivity index (χ1) is 23.7. The van der Waals surface area contributed by atoms with Gasteiger partial charge in [-0.3, -0.25) is 0 Å². The van der Waals surface area contributed by atoms with Gasteiger partial charge in [0.05, 0.1) is 0 Å². The van der Waals surface area contributed by atoms with Crippen molar-refractivity contribution in [2.45, 2.75) is 0 Å². The number of hydrogen-bond acceptors (Lipinski definition) is 2. The van der Waals surface area contributed by atoms with Crippen LogP contribution in [0.4, 0.5) is 0 Å². The van der Waals surface area contributed by atoms with E-state index in [1.165, 1.54) is 36.7 Å². The van der Waals surface area contributed by atoms with Crippen molar-refractivity contribution in [2.24, 2.45) is 0 Å². The molecule has 0 radical (unpaired) electrons. The van der Waals surface area contributed by atoms with Crippen LogP contribution in [-0.2, 0) is 9.47 Å². The molecule has 0 spiro atoms. The molecule has 48 heavy (non-hydrogen) atoms. The summed E-state index contributed by atoms with van der Waals surface area (Å²) in [5.74, 6) is 1.31. The van der Waals surface area contributed by atoms with Gasteiger partial charge < -0.3 is 0 Å². The molecule has 0 N–H and O–H groups in total. The Labute approximate surface area is 304 Å². The van der Waals surface area contributed by atoms with E-state index in [2.05, 4.69) is 158 Å². The Morgan fingerprint density at radius 1 is 0.417 bits per heavy atom. The van der Waals surface area contributed by atoms with Gasteiger partial charge in [-0.25, -0.2) is 0 Å². The summed E-state index contributed by atoms with van der Waals surface area (Å²) in [7, 11) is 3.36. The van der Waals surface area contributed by atoms with Crippen molar-refractivity contribution in [1.29, 1.82) is 0 Å². The third-order valence-corrected chi connectivity index (χ3v) is 14.2. The Kier molecular flexibility index (Phi) is 12.1. The minimum absolute atomic E-state index is 0.528. The molecule has 0 saturated heterocycles. The molecule has 2 nitrogen and oxygen atoms in total. The zero-order valence-electron chi connectivity index (χ0n) is 27.0. The van der Waals surface area contributed by atoms with Crippen molar-refractivity contribution in [2.75, 3.05) is 14.2 Å². The van der Waals surface area contributed by atoms with E-state index in [1.807, 2.05) is 24.3 Å². The van der Waals surface area contributed by atoms with Crippen molar-refractivity contribution in [3.05, 3.63) is 227 Å². The van der Waals surface area contributed by atoms with Crippen LogP contribution in [0.2, 0.25) is 0 Å². The normalized spacial score (nSPS) is 15.3. The van der Waals surface area contributed by atoms with E-state index in [4.69, 9.17) is 9.47 Å². The third kappa shape index (κ3) is 8.99. The second-order valence-electron chi connectivity index (χ2n) is 10.9. The van der Waals surface area contributed by atoms with E-state index < -0.39 is 41.8 Å². The molecule has 236 valence electrons. The van der Waals surface area contributed by atoms with E-state index in [-0.39, 0.29) is 0 Å². The predicted octanol–water partition coefficient (Wildman–Crippen LogP) is 10.1. The zero-order chi connectivity index (χ0) is 33.0. The van der Waals surface area contributed by atoms with Crippen LogP contribution in [-0.4, -0.2) is 56.1 Å². The first-order valence-corrected chi connectivity index (χ1v) is 20.4. The van der Waals surface area contributed by atoms with Crippen molar-refractivity contribution < 1.29 is 9.47 Å². The van der Waals surface area contributed by atoms with E-state index in [9.17, 15) is 0 Å². The van der Waals surface area contributed by atoms with Crippen LogP contribution in [0.5, 0.6) is 0 Å². The number of allylic oxidation sites excluding steroid dienone is 12. The second kappa shape index (κ2) is 17.2. The van der Waals surface area contributed by atoms with Gasteiger partial charge in [-0.05, 0) is 0 Å². The van der Waals surface area contributed by atoms with Gasteiger partial charge in [-0.1, -0.05) is 0 Å². The molecule has 0 aliphatic carbocycles. The first-order valence-electron chi connectivity index (χ1n) is 15.7. The van der Waals surface area contributed by atoms with Crippen molar-refractivity contribution in [1.82, 2.24) is 0 Å². The standard InChI is InChI=1S/C44H36O2Te2/c1-45-39(27-15-17-33-29-41(35-19-7-3-8-20-35)47-42(30-33)36-21-9-4-10-22-36)40(46-2)28-16-18-34-31-43(37-23-11-5-12-24-37)48-44(32-34)38-25-13-6-14-26-38/h3-32H,1-2H3/b27-15+,28-16+,40-39+. The average molecular weight is 852 g/mol. The number of benzene rings is 4. The van der Waals surface area contributed by atoms with Gasteiger partial charge in [0.1, 0.15) is 0 Å². The van der Waals surface area contributed by atoms with Crippen LogP contribution in [0, 0.1) is 0 Å². The summed E-state index contributed by atoms with van der Waals surface area (Å²) in [4.78, 5) is 0. The quantitative estimate of drug-likeness (QED) is 0.0899. The van der Waals surface area contributed by atoms with Crippen molar-refractivity contribution in [3.8, 4) is 0 Å². The van der Waals surface area contributed by atoms with Crippen LogP contribution < -0.4 is 0 Å². The fourth-order valence-electron chi connectivity index (χ4n) is 5.21. The molecule has 0 unspecified atom stereocenters. The molecule has 0 bridgehead atoms. The molecule has 0 atom stereocenters. The molecule has 0 fully saturated rings. The molecule has 0 saturated carbocycles. The average Bonchev–Trinajstić information content (AvgIpc) is 3.16. The van der Waals surface area contributed by atoms with Crippen molar-refractivity contribution >= 4 is 56.3 Å². The van der Waals surface area contributed by atoms with Gasteiger partial charge in [0.2, 0.25) is 0 Å². The summed E-state index contributed by atoms with van der Waals surface area (Å²) in [5.41, 5.74) is 7.52. The van der Waals surface area contributed by atoms with Gasteiger partial charge in [0.15, 0.2) is 0 Å². The molecule has 0 amide bonds. The van der Waals surface area contributed by atoms with Crippen LogP contribution in [0.3, 0.4) is 0 Å². The third-order valence-electron chi connectivity index (χ3n) is 7.62. The topological polar surface area (TPSA) is 18.5 Å². The SMILES string of the molecule is COC(/C=C/C=C1C=C(c2ccccc2)[Te]C(c2ccccc2)=C1)=C(\C=C\C=C1C=C(c2ccccc2)[Te]C(c2ccccc2)=C1)OC. The molecule has 4 heteroatoms. The Morgan fingerprint density at radius 3 is 0.938 bits per heavy atom. The number of methoxy groups -OCH3 is 2. The fourth-order valence-corrected chi connectivity index (χ4v) is 11.7. The molecule has 4 aromatic rings. The maximum absolute atomic E-state index is 5.79. The Bertz CT molecular complexity index is 1730. The van der Waals surface area contributed by atoms with E-state index in [1.54, 1.807) is 14.2 Å². The molecular weight excluding hydrogens is 816 g/mol. The Morgan fingerprint density at radius 2 is 0.688 bits per heavy atom. The van der Waals surface area contributed by atoms with E-state index in [0.29, 0.717) is 11.5 Å². The molecular formula is C44H36O2Te2. The van der Waals surface area contributed by atoms with E-state index in [0.717, 1.165) is 11.1 Å². The number of rotatable bonds is 10. The predicted molar refractivity (Wildman–Crippen MR) is 205 cm³/mol. The van der Waals surface area contributed by atoms with Crippen molar-refractivity contribution in [3.63, 3.8) is 0 Å². The Balaban J connectivity index is 1.27. The fraction of sp³-hybridized carbons (Fsp3) is 0.0455. The minimum atomic E-state index is -0.528. The summed E-state index contributed by atoms with van der Waals surface area (Å²) >= 11 is -1.06. The summed E-state index contributed by atoms with van der Waals surface area (Å²) in [5, 5.41) is 0. The van der Waals surface area contributed by atoms with Crippen LogP contribution in [0.25, 0.3) is 14.5 Å². The molecule has 0 aromatic heterocycles. The molecule has 6 rings (SSSR count). The summed E-state index contributed by atoms with van der Waals surface area (Å²) in [6.07, 6.45) is 21.6. The summed E-state index contributed by atoms with van der Waals surface area (Å²) in [6.45, 7) is 0. The molecule has 2 heterocycles. The zero-order valence-corrected chi connectivity index (χ0v) is 31.6. The number of hydrogen-bond donors (Lipinski definition) is 0. The Hall–Kier alpha value is -4.28. The molecule has 2 aliphatic rings. The van der Waals surface area contributed by atoms with Gasteiger partial charge in [-0.15, -0.1) is 0 Å². The van der Waals surface area contributed by atoms with Gasteiger partial charge >= 0.3 is 307 Å². The van der Waals surface area contributed by atoms with Crippen LogP contribution in [0.15, 0.2) is 205 Å². The van der Waals surface area contributed by atoms with Gasteiger partial charge in [0, 0.05) is 0 Å². The van der Waals surface area contributed by atoms with Gasteiger partial charge in [-0.2, -0.15) is 0 Å². The monoisotopic (exact) mass is 856 g/mol. The maximum atomic E-state index is 5.79. The van der Waals surface area contributed by atoms with Crippen LogP contribution in [0.1, 0.15) is 22.3 Å². The molecule has 4 aromatic carbocycles. The van der Waals surface area contributed by atoms with Crippen LogP contribution >= 0.6 is 0 Å². The molecule has 2 aliphatic heterocycles. The summed E-state index contributed by atoms with van der Waals surface area (Å²) in [6, 6.07) is 42.9.